The predicted octanol–water partition coefficient (Wildman–Crippen LogP) is 2.42. The lowest BCUT2D eigenvalue weighted by atomic mass is 10.1. The van der Waals surface area contributed by atoms with Crippen LogP contribution >= 0.6 is 0 Å². The molecular formula is C19H17N7. The van der Waals surface area contributed by atoms with Gasteiger partial charge >= 0.3 is 0 Å². The van der Waals surface area contributed by atoms with Crippen molar-refractivity contribution in [2.45, 2.75) is 12.5 Å². The van der Waals surface area contributed by atoms with E-state index in [9.17, 15) is 5.26 Å². The molecule has 1 saturated heterocycles. The van der Waals surface area contributed by atoms with E-state index >= 15 is 0 Å². The average molecular weight is 343 g/mol. The topological polar surface area (TPSA) is 95.6 Å². The van der Waals surface area contributed by atoms with Crippen molar-refractivity contribution in [1.82, 2.24) is 15.0 Å². The van der Waals surface area contributed by atoms with Gasteiger partial charge in [0.2, 0.25) is 0 Å². The van der Waals surface area contributed by atoms with Gasteiger partial charge in [0.15, 0.2) is 0 Å². The van der Waals surface area contributed by atoms with Crippen LogP contribution < -0.4 is 9.80 Å². The van der Waals surface area contributed by atoms with Crippen molar-refractivity contribution in [3.8, 4) is 12.1 Å². The summed E-state index contributed by atoms with van der Waals surface area (Å²) in [6.07, 6.45) is 4.46. The third-order valence-corrected chi connectivity index (χ3v) is 4.99. The molecule has 1 N–H and O–H groups in total. The van der Waals surface area contributed by atoms with Crippen LogP contribution in [0.3, 0.4) is 0 Å². The van der Waals surface area contributed by atoms with Crippen LogP contribution in [0.2, 0.25) is 0 Å². The number of nitriles is 2. The van der Waals surface area contributed by atoms with Gasteiger partial charge in [-0.3, -0.25) is 0 Å². The van der Waals surface area contributed by atoms with Crippen molar-refractivity contribution >= 4 is 22.5 Å². The summed E-state index contributed by atoms with van der Waals surface area (Å²) in [5.74, 6) is 0.949. The Labute approximate surface area is 151 Å². The summed E-state index contributed by atoms with van der Waals surface area (Å²) in [4.78, 5) is 16.3. The number of nitrogens with one attached hydrogen (secondary N) is 1. The van der Waals surface area contributed by atoms with Gasteiger partial charge in [-0.1, -0.05) is 0 Å². The summed E-state index contributed by atoms with van der Waals surface area (Å²) in [7, 11) is 2.03. The second kappa shape index (κ2) is 6.38. The third kappa shape index (κ3) is 2.60. The van der Waals surface area contributed by atoms with Gasteiger partial charge in [0.05, 0.1) is 16.5 Å². The zero-order chi connectivity index (χ0) is 18.1. The highest BCUT2D eigenvalue weighted by molar-refractivity contribution is 5.87. The molecule has 0 unspecified atom stereocenters. The summed E-state index contributed by atoms with van der Waals surface area (Å²) in [5.41, 5.74) is 2.62. The highest BCUT2D eigenvalue weighted by atomic mass is 15.3. The fourth-order valence-corrected chi connectivity index (χ4v) is 3.51. The van der Waals surface area contributed by atoms with Crippen molar-refractivity contribution in [3.63, 3.8) is 0 Å². The number of hydrogen-bond acceptors (Lipinski definition) is 6. The molecule has 1 fully saturated rings. The summed E-state index contributed by atoms with van der Waals surface area (Å²) in [6, 6.07) is 11.9. The number of benzene rings is 1. The number of nitrogens with zero attached hydrogens (tertiary/aromatic N) is 6. The number of H-pyrrole nitrogens is 1. The smallest absolute Gasteiger partial charge is 0.142 e. The zero-order valence-electron chi connectivity index (χ0n) is 14.3. The van der Waals surface area contributed by atoms with Gasteiger partial charge in [-0.25, -0.2) is 9.97 Å². The normalized spacial score (nSPS) is 16.4. The van der Waals surface area contributed by atoms with Crippen molar-refractivity contribution < 1.29 is 0 Å². The Morgan fingerprint density at radius 3 is 2.85 bits per heavy atom. The summed E-state index contributed by atoms with van der Waals surface area (Å²) >= 11 is 0. The van der Waals surface area contributed by atoms with Crippen LogP contribution in [0.4, 0.5) is 11.5 Å². The Kier molecular flexibility index (Phi) is 3.91. The second-order valence-electron chi connectivity index (χ2n) is 6.39. The van der Waals surface area contributed by atoms with Gasteiger partial charge in [-0.15, -0.1) is 0 Å². The number of hydrogen-bond donors (Lipinski definition) is 1. The molecular weight excluding hydrogens is 326 g/mol. The summed E-state index contributed by atoms with van der Waals surface area (Å²) in [5, 5.41) is 19.4. The Bertz CT molecular complexity index is 1040. The Balaban J connectivity index is 1.56. The van der Waals surface area contributed by atoms with Gasteiger partial charge in [0.1, 0.15) is 29.9 Å². The number of fused-ring (bicyclic) bond motifs is 1. The van der Waals surface area contributed by atoms with E-state index in [2.05, 4.69) is 36.9 Å². The quantitative estimate of drug-likeness (QED) is 0.784. The molecule has 26 heavy (non-hydrogen) atoms. The van der Waals surface area contributed by atoms with Crippen LogP contribution in [0.25, 0.3) is 11.0 Å². The molecule has 1 aliphatic heterocycles. The van der Waals surface area contributed by atoms with Gasteiger partial charge in [-0.2, -0.15) is 10.5 Å². The van der Waals surface area contributed by atoms with Crippen molar-refractivity contribution in [2.24, 2.45) is 0 Å². The van der Waals surface area contributed by atoms with Gasteiger partial charge in [0.25, 0.3) is 0 Å². The first-order valence-electron chi connectivity index (χ1n) is 8.41. The predicted molar refractivity (Wildman–Crippen MR) is 98.8 cm³/mol. The Morgan fingerprint density at radius 2 is 2.04 bits per heavy atom. The summed E-state index contributed by atoms with van der Waals surface area (Å²) < 4.78 is 0. The Morgan fingerprint density at radius 1 is 1.19 bits per heavy atom. The largest absolute Gasteiger partial charge is 0.370 e. The van der Waals surface area contributed by atoms with Crippen LogP contribution in [0, 0.1) is 22.7 Å². The Hall–Kier alpha value is -3.58. The van der Waals surface area contributed by atoms with Gasteiger partial charge < -0.3 is 14.8 Å². The molecule has 0 saturated carbocycles. The fourth-order valence-electron chi connectivity index (χ4n) is 3.51. The van der Waals surface area contributed by atoms with E-state index in [4.69, 9.17) is 5.26 Å². The lowest BCUT2D eigenvalue weighted by molar-refractivity contribution is 0.692. The van der Waals surface area contributed by atoms with Crippen LogP contribution in [0.15, 0.2) is 36.8 Å². The highest BCUT2D eigenvalue weighted by Crippen LogP contribution is 2.29. The molecule has 128 valence electrons. The third-order valence-electron chi connectivity index (χ3n) is 4.99. The lowest BCUT2D eigenvalue weighted by Gasteiger charge is -2.27. The molecule has 1 atom stereocenters. The van der Waals surface area contributed by atoms with Crippen LogP contribution in [0.5, 0.6) is 0 Å². The van der Waals surface area contributed by atoms with Gasteiger partial charge in [-0.05, 0) is 30.7 Å². The van der Waals surface area contributed by atoms with E-state index in [0.717, 1.165) is 42.0 Å². The SMILES string of the molecule is CN(c1ccc(C#N)c(C#N)c1)[C@@H]1CCN(c2ncnc3[nH]ccc23)C1. The number of aromatic nitrogens is 3. The first-order valence-corrected chi connectivity index (χ1v) is 8.41. The highest BCUT2D eigenvalue weighted by Gasteiger charge is 2.28. The number of rotatable bonds is 3. The van der Waals surface area contributed by atoms with Crippen LogP contribution in [-0.2, 0) is 0 Å². The van der Waals surface area contributed by atoms with E-state index in [-0.39, 0.29) is 0 Å². The first kappa shape index (κ1) is 15.9. The lowest BCUT2D eigenvalue weighted by Crippen LogP contribution is -2.34. The monoisotopic (exact) mass is 343 g/mol. The molecule has 1 aromatic carbocycles. The molecule has 0 aliphatic carbocycles. The zero-order valence-corrected chi connectivity index (χ0v) is 14.3. The van der Waals surface area contributed by atoms with Crippen molar-refractivity contribution in [1.29, 1.82) is 10.5 Å². The molecule has 7 heteroatoms. The molecule has 3 heterocycles. The van der Waals surface area contributed by atoms with Crippen molar-refractivity contribution in [2.75, 3.05) is 29.9 Å². The molecule has 2 aromatic heterocycles. The van der Waals surface area contributed by atoms with Gasteiger partial charge in [0, 0.05) is 38.1 Å². The first-order chi connectivity index (χ1) is 12.7. The molecule has 0 radical (unpaired) electrons. The van der Waals surface area contributed by atoms with E-state index < -0.39 is 0 Å². The minimum Gasteiger partial charge on any atom is -0.370 e. The maximum atomic E-state index is 9.25. The van der Waals surface area contributed by atoms with Crippen LogP contribution in [0.1, 0.15) is 17.5 Å². The standard InChI is InChI=1S/C19H17N7/c1-25(15-3-2-13(9-20)14(8-15)10-21)16-5-7-26(11-16)19-17-4-6-22-18(17)23-12-24-19/h2-4,6,8,12,16H,5,7,11H2,1H3,(H,22,23,24)/t16-/m1/s1. The van der Waals surface area contributed by atoms with E-state index in [1.165, 1.54) is 0 Å². The number of anilines is 2. The van der Waals surface area contributed by atoms with Crippen LogP contribution in [-0.4, -0.2) is 41.1 Å². The molecule has 7 nitrogen and oxygen atoms in total. The minimum atomic E-state index is 0.304. The molecule has 0 bridgehead atoms. The maximum absolute atomic E-state index is 9.25. The summed E-state index contributed by atoms with van der Waals surface area (Å²) in [6.45, 7) is 1.75. The van der Waals surface area contributed by atoms with E-state index in [0.29, 0.717) is 17.2 Å². The second-order valence-corrected chi connectivity index (χ2v) is 6.39. The molecule has 0 spiro atoms. The fraction of sp³-hybridized carbons (Fsp3) is 0.263. The molecule has 1 aliphatic rings. The van der Waals surface area contributed by atoms with Crippen molar-refractivity contribution in [3.05, 3.63) is 47.9 Å². The molecule has 4 rings (SSSR count). The minimum absolute atomic E-state index is 0.304. The number of aromatic amines is 1. The maximum Gasteiger partial charge on any atom is 0.142 e. The average Bonchev–Trinajstić information content (AvgIpc) is 3.36. The number of likely N-dealkylation sites (N-methyl/N-ethyl adjacent to an activating group) is 1. The molecule has 3 aromatic rings. The van der Waals surface area contributed by atoms with E-state index in [1.54, 1.807) is 18.5 Å². The molecule has 0 amide bonds. The van der Waals surface area contributed by atoms with E-state index in [1.807, 2.05) is 25.4 Å².